The van der Waals surface area contributed by atoms with Gasteiger partial charge >= 0.3 is 0 Å². The van der Waals surface area contributed by atoms with Gasteiger partial charge in [0, 0.05) is 23.8 Å². The van der Waals surface area contributed by atoms with Crippen molar-refractivity contribution in [3.63, 3.8) is 0 Å². The molecule has 0 aliphatic rings. The fraction of sp³-hybridized carbons (Fsp3) is 0.278. The molecule has 0 aliphatic carbocycles. The molecule has 3 rings (SSSR count). The van der Waals surface area contributed by atoms with E-state index >= 15 is 0 Å². The van der Waals surface area contributed by atoms with Crippen LogP contribution in [0.3, 0.4) is 0 Å². The van der Waals surface area contributed by atoms with Crippen LogP contribution in [0.15, 0.2) is 34.5 Å². The minimum Gasteiger partial charge on any atom is -0.345 e. The van der Waals surface area contributed by atoms with Crippen molar-refractivity contribution in [3.8, 4) is 10.7 Å². The molecule has 3 aromatic rings. The lowest BCUT2D eigenvalue weighted by atomic mass is 10.1. The minimum absolute atomic E-state index is 0.277. The van der Waals surface area contributed by atoms with E-state index in [-0.39, 0.29) is 4.90 Å². The average Bonchev–Trinajstić information content (AvgIpc) is 3.08. The van der Waals surface area contributed by atoms with Crippen molar-refractivity contribution in [1.29, 1.82) is 0 Å². The average molecular weight is 376 g/mol. The topological polar surface area (TPSA) is 64.0 Å². The minimum atomic E-state index is -3.68. The summed E-state index contributed by atoms with van der Waals surface area (Å²) in [4.78, 5) is 4.75. The number of hydrogen-bond acceptors (Lipinski definition) is 4. The van der Waals surface area contributed by atoms with Crippen molar-refractivity contribution >= 4 is 27.0 Å². The van der Waals surface area contributed by atoms with Gasteiger partial charge in [-0.05, 0) is 51.0 Å². The molecule has 0 spiro atoms. The van der Waals surface area contributed by atoms with E-state index < -0.39 is 10.0 Å². The Morgan fingerprint density at radius 3 is 2.48 bits per heavy atom. The second-order valence-electron chi connectivity index (χ2n) is 6.26. The molecule has 132 valence electrons. The summed E-state index contributed by atoms with van der Waals surface area (Å²) < 4.78 is 30.5. The van der Waals surface area contributed by atoms with E-state index in [1.165, 1.54) is 11.3 Å². The van der Waals surface area contributed by atoms with Crippen LogP contribution >= 0.6 is 11.3 Å². The van der Waals surface area contributed by atoms with Crippen LogP contribution in [0.25, 0.3) is 10.7 Å². The fourth-order valence-electron chi connectivity index (χ4n) is 2.67. The Morgan fingerprint density at radius 1 is 1.12 bits per heavy atom. The van der Waals surface area contributed by atoms with Gasteiger partial charge in [0.25, 0.3) is 10.0 Å². The van der Waals surface area contributed by atoms with Crippen molar-refractivity contribution in [2.75, 3.05) is 4.72 Å². The second kappa shape index (κ2) is 6.31. The van der Waals surface area contributed by atoms with Gasteiger partial charge < -0.3 is 4.57 Å². The van der Waals surface area contributed by atoms with E-state index in [2.05, 4.69) is 9.71 Å². The van der Waals surface area contributed by atoms with Gasteiger partial charge in [-0.25, -0.2) is 13.4 Å². The van der Waals surface area contributed by atoms with E-state index in [0.29, 0.717) is 11.4 Å². The molecule has 0 saturated heterocycles. The van der Waals surface area contributed by atoms with Crippen LogP contribution in [0.1, 0.15) is 22.5 Å². The summed E-state index contributed by atoms with van der Waals surface area (Å²) in [5.41, 5.74) is 4.91. The normalized spacial score (nSPS) is 11.7. The van der Waals surface area contributed by atoms with Crippen molar-refractivity contribution in [1.82, 2.24) is 9.55 Å². The van der Waals surface area contributed by atoms with E-state index in [4.69, 9.17) is 0 Å². The fourth-order valence-corrected chi connectivity index (χ4v) is 4.93. The summed E-state index contributed by atoms with van der Waals surface area (Å²) in [6.07, 6.45) is 0. The van der Waals surface area contributed by atoms with E-state index in [1.807, 2.05) is 62.9 Å². The van der Waals surface area contributed by atoms with Gasteiger partial charge in [0.05, 0.1) is 11.4 Å². The summed E-state index contributed by atoms with van der Waals surface area (Å²) in [6.45, 7) is 7.56. The van der Waals surface area contributed by atoms with Crippen LogP contribution in [0, 0.1) is 27.7 Å². The molecule has 2 aromatic heterocycles. The van der Waals surface area contributed by atoms with Gasteiger partial charge in [0.1, 0.15) is 9.90 Å². The summed E-state index contributed by atoms with van der Waals surface area (Å²) in [7, 11) is -1.82. The molecule has 0 fully saturated rings. The molecular formula is C18H21N3O2S2. The lowest BCUT2D eigenvalue weighted by Gasteiger charge is -2.11. The third-order valence-corrected chi connectivity index (χ3v) is 6.72. The van der Waals surface area contributed by atoms with Crippen LogP contribution in [0.4, 0.5) is 5.69 Å². The molecule has 0 amide bonds. The number of sulfonamides is 1. The zero-order valence-corrected chi connectivity index (χ0v) is 16.5. The zero-order valence-electron chi connectivity index (χ0n) is 14.9. The Hall–Kier alpha value is -2.12. The maximum atomic E-state index is 12.9. The summed E-state index contributed by atoms with van der Waals surface area (Å²) in [6, 6.07) is 7.41. The lowest BCUT2D eigenvalue weighted by molar-refractivity contribution is 0.600. The molecule has 2 heterocycles. The smallest absolute Gasteiger partial charge is 0.263 e. The number of aromatic nitrogens is 2. The predicted octanol–water partition coefficient (Wildman–Crippen LogP) is 4.18. The van der Waals surface area contributed by atoms with Crippen LogP contribution in [-0.4, -0.2) is 18.0 Å². The van der Waals surface area contributed by atoms with Crippen molar-refractivity contribution < 1.29 is 8.42 Å². The molecule has 0 aliphatic heterocycles. The van der Waals surface area contributed by atoms with E-state index in [9.17, 15) is 8.42 Å². The van der Waals surface area contributed by atoms with Crippen LogP contribution in [0.2, 0.25) is 0 Å². The largest absolute Gasteiger partial charge is 0.345 e. The molecule has 0 bridgehead atoms. The number of nitrogens with zero attached hydrogens (tertiary/aromatic N) is 2. The first-order chi connectivity index (χ1) is 11.7. The quantitative estimate of drug-likeness (QED) is 0.744. The Balaban J connectivity index is 2.05. The van der Waals surface area contributed by atoms with Gasteiger partial charge in [0.15, 0.2) is 0 Å². The van der Waals surface area contributed by atoms with Gasteiger partial charge in [-0.15, -0.1) is 11.3 Å². The Labute approximate surface area is 152 Å². The summed E-state index contributed by atoms with van der Waals surface area (Å²) >= 11 is 1.51. The first-order valence-electron chi connectivity index (χ1n) is 7.88. The number of thiazole rings is 1. The summed E-state index contributed by atoms with van der Waals surface area (Å²) in [5, 5.41) is 2.77. The first-order valence-corrected chi connectivity index (χ1v) is 10.2. The standard InChI is InChI=1S/C18H21N3O2S2/c1-11-6-7-12(2)15(8-11)20-25(22,23)17-9-16(21(5)14(17)4)18-19-13(3)10-24-18/h6-10,20H,1-5H3. The van der Waals surface area contributed by atoms with Gasteiger partial charge in [-0.3, -0.25) is 4.72 Å². The Morgan fingerprint density at radius 2 is 1.84 bits per heavy atom. The highest BCUT2D eigenvalue weighted by atomic mass is 32.2. The van der Waals surface area contributed by atoms with Crippen molar-refractivity contribution in [3.05, 3.63) is 52.2 Å². The third-order valence-electron chi connectivity index (χ3n) is 4.25. The Bertz CT molecular complexity index is 1050. The molecule has 5 nitrogen and oxygen atoms in total. The van der Waals surface area contributed by atoms with E-state index in [0.717, 1.165) is 27.5 Å². The molecule has 1 aromatic carbocycles. The van der Waals surface area contributed by atoms with Crippen molar-refractivity contribution in [2.24, 2.45) is 7.05 Å². The first kappa shape index (κ1) is 17.7. The van der Waals surface area contributed by atoms with Gasteiger partial charge in [-0.2, -0.15) is 0 Å². The molecule has 25 heavy (non-hydrogen) atoms. The number of rotatable bonds is 4. The van der Waals surface area contributed by atoms with E-state index in [1.54, 1.807) is 6.07 Å². The van der Waals surface area contributed by atoms with Gasteiger partial charge in [0.2, 0.25) is 0 Å². The zero-order chi connectivity index (χ0) is 18.4. The highest BCUT2D eigenvalue weighted by molar-refractivity contribution is 7.92. The SMILES string of the molecule is Cc1ccc(C)c(NS(=O)(=O)c2cc(-c3nc(C)cs3)n(C)c2C)c1. The number of hydrogen-bond donors (Lipinski definition) is 1. The molecule has 7 heteroatoms. The molecule has 0 atom stereocenters. The maximum Gasteiger partial charge on any atom is 0.263 e. The predicted molar refractivity (Wildman–Crippen MR) is 103 cm³/mol. The summed E-state index contributed by atoms with van der Waals surface area (Å²) in [5.74, 6) is 0. The number of nitrogens with one attached hydrogen (secondary N) is 1. The lowest BCUT2D eigenvalue weighted by Crippen LogP contribution is -2.14. The maximum absolute atomic E-state index is 12.9. The highest BCUT2D eigenvalue weighted by Crippen LogP contribution is 2.31. The molecule has 0 unspecified atom stereocenters. The third kappa shape index (κ3) is 3.34. The highest BCUT2D eigenvalue weighted by Gasteiger charge is 2.24. The van der Waals surface area contributed by atoms with Crippen LogP contribution in [0.5, 0.6) is 0 Å². The van der Waals surface area contributed by atoms with Gasteiger partial charge in [-0.1, -0.05) is 12.1 Å². The number of benzene rings is 1. The van der Waals surface area contributed by atoms with Crippen LogP contribution in [-0.2, 0) is 17.1 Å². The van der Waals surface area contributed by atoms with Crippen LogP contribution < -0.4 is 4.72 Å². The molecule has 0 radical (unpaired) electrons. The molecular weight excluding hydrogens is 354 g/mol. The number of aryl methyl sites for hydroxylation is 3. The molecule has 1 N–H and O–H groups in total. The second-order valence-corrected chi connectivity index (χ2v) is 8.77. The molecule has 0 saturated carbocycles. The Kier molecular flexibility index (Phi) is 4.47. The monoisotopic (exact) mass is 375 g/mol. The number of anilines is 1. The van der Waals surface area contributed by atoms with Crippen molar-refractivity contribution in [2.45, 2.75) is 32.6 Å².